The van der Waals surface area contributed by atoms with E-state index in [2.05, 4.69) is 25.9 Å². The summed E-state index contributed by atoms with van der Waals surface area (Å²) in [5, 5.41) is 9.77. The van der Waals surface area contributed by atoms with Crippen molar-refractivity contribution in [2.45, 2.75) is 32.7 Å². The summed E-state index contributed by atoms with van der Waals surface area (Å²) in [6.07, 6.45) is 2.23. The predicted octanol–water partition coefficient (Wildman–Crippen LogP) is 3.79. The lowest BCUT2D eigenvalue weighted by atomic mass is 10.0. The number of nitrogens with zero attached hydrogens (tertiary/aromatic N) is 2. The van der Waals surface area contributed by atoms with Crippen molar-refractivity contribution in [1.29, 1.82) is 0 Å². The monoisotopic (exact) mass is 375 g/mol. The minimum absolute atomic E-state index is 0.0960. The summed E-state index contributed by atoms with van der Waals surface area (Å²) < 4.78 is 0. The summed E-state index contributed by atoms with van der Waals surface area (Å²) >= 11 is 0. The van der Waals surface area contributed by atoms with Gasteiger partial charge in [-0.25, -0.2) is 4.98 Å². The Kier molecular flexibility index (Phi) is 4.65. The summed E-state index contributed by atoms with van der Waals surface area (Å²) in [7, 11) is 0. The van der Waals surface area contributed by atoms with E-state index in [4.69, 9.17) is 0 Å². The standard InChI is InChI=1S/C21H21N5O2/c1-12(27)22-16-6-3-14(4-7-16)15-5-10-19-18(11-15)20(24-17-8-9-17)26-21(25-19)23-13(2)28/h3-7,10-11,17H,8-9H2,1-2H3,(H,22,27)(H2,23,24,25,26,28). The average molecular weight is 375 g/mol. The lowest BCUT2D eigenvalue weighted by Crippen LogP contribution is -2.12. The molecule has 28 heavy (non-hydrogen) atoms. The van der Waals surface area contributed by atoms with Gasteiger partial charge in [0.05, 0.1) is 5.52 Å². The summed E-state index contributed by atoms with van der Waals surface area (Å²) in [5.41, 5.74) is 3.58. The average Bonchev–Trinajstić information content (AvgIpc) is 3.45. The second kappa shape index (κ2) is 7.26. The van der Waals surface area contributed by atoms with E-state index in [0.29, 0.717) is 12.0 Å². The van der Waals surface area contributed by atoms with Gasteiger partial charge in [0.1, 0.15) is 5.82 Å². The Balaban J connectivity index is 1.72. The maximum Gasteiger partial charge on any atom is 0.231 e. The number of rotatable bonds is 5. The molecule has 3 aromatic rings. The maximum atomic E-state index is 11.4. The number of fused-ring (bicyclic) bond motifs is 1. The summed E-state index contributed by atoms with van der Waals surface area (Å²) in [6, 6.07) is 14.1. The molecule has 7 heteroatoms. The largest absolute Gasteiger partial charge is 0.367 e. The number of carbonyl (C=O) groups is 2. The Labute approximate surface area is 162 Å². The van der Waals surface area contributed by atoms with Crippen LogP contribution in [0.25, 0.3) is 22.0 Å². The normalized spacial score (nSPS) is 13.2. The fourth-order valence-corrected chi connectivity index (χ4v) is 3.00. The highest BCUT2D eigenvalue weighted by molar-refractivity contribution is 5.95. The van der Waals surface area contributed by atoms with E-state index in [1.54, 1.807) is 0 Å². The molecule has 142 valence electrons. The lowest BCUT2D eigenvalue weighted by molar-refractivity contribution is -0.115. The molecule has 4 rings (SSSR count). The molecular formula is C21H21N5O2. The number of aromatic nitrogens is 2. The van der Waals surface area contributed by atoms with Gasteiger partial charge in [0, 0.05) is 31.0 Å². The Morgan fingerprint density at radius 1 is 0.893 bits per heavy atom. The molecule has 7 nitrogen and oxygen atoms in total. The molecule has 1 aliphatic rings. The van der Waals surface area contributed by atoms with Crippen LogP contribution in [0.3, 0.4) is 0 Å². The molecule has 1 aromatic heterocycles. The van der Waals surface area contributed by atoms with Gasteiger partial charge >= 0.3 is 0 Å². The van der Waals surface area contributed by atoms with E-state index in [0.717, 1.165) is 46.4 Å². The summed E-state index contributed by atoms with van der Waals surface area (Å²) in [6.45, 7) is 2.93. The van der Waals surface area contributed by atoms with Gasteiger partial charge in [-0.15, -0.1) is 0 Å². The minimum Gasteiger partial charge on any atom is -0.367 e. The van der Waals surface area contributed by atoms with Crippen LogP contribution < -0.4 is 16.0 Å². The van der Waals surface area contributed by atoms with E-state index in [9.17, 15) is 9.59 Å². The maximum absolute atomic E-state index is 11.4. The van der Waals surface area contributed by atoms with Crippen LogP contribution >= 0.6 is 0 Å². The van der Waals surface area contributed by atoms with Gasteiger partial charge in [-0.05, 0) is 48.2 Å². The number of anilines is 3. The SMILES string of the molecule is CC(=O)Nc1ccc(-c2ccc3nc(NC(C)=O)nc(NC4CC4)c3c2)cc1. The number of benzene rings is 2. The molecule has 1 heterocycles. The van der Waals surface area contributed by atoms with Crippen molar-refractivity contribution in [1.82, 2.24) is 9.97 Å². The van der Waals surface area contributed by atoms with E-state index in [-0.39, 0.29) is 11.8 Å². The van der Waals surface area contributed by atoms with E-state index < -0.39 is 0 Å². The molecule has 0 atom stereocenters. The minimum atomic E-state index is -0.201. The molecule has 0 unspecified atom stereocenters. The molecule has 0 bridgehead atoms. The molecule has 0 spiro atoms. The molecule has 2 amide bonds. The Morgan fingerprint density at radius 2 is 1.57 bits per heavy atom. The van der Waals surface area contributed by atoms with Gasteiger partial charge < -0.3 is 10.6 Å². The second-order valence-electron chi connectivity index (χ2n) is 6.99. The van der Waals surface area contributed by atoms with Gasteiger partial charge in [0.15, 0.2) is 0 Å². The van der Waals surface area contributed by atoms with Crippen LogP contribution in [-0.2, 0) is 9.59 Å². The van der Waals surface area contributed by atoms with Crippen molar-refractivity contribution in [2.24, 2.45) is 0 Å². The molecule has 0 saturated heterocycles. The second-order valence-corrected chi connectivity index (χ2v) is 6.99. The lowest BCUT2D eigenvalue weighted by Gasteiger charge is -2.12. The Bertz CT molecular complexity index is 1060. The molecule has 0 aliphatic heterocycles. The Hall–Kier alpha value is -3.48. The number of hydrogen-bond acceptors (Lipinski definition) is 5. The topological polar surface area (TPSA) is 96.0 Å². The van der Waals surface area contributed by atoms with Crippen LogP contribution in [-0.4, -0.2) is 27.8 Å². The highest BCUT2D eigenvalue weighted by Gasteiger charge is 2.23. The predicted molar refractivity (Wildman–Crippen MR) is 110 cm³/mol. The van der Waals surface area contributed by atoms with Gasteiger partial charge in [0.25, 0.3) is 0 Å². The molecule has 1 saturated carbocycles. The number of amides is 2. The van der Waals surface area contributed by atoms with E-state index in [1.165, 1.54) is 13.8 Å². The van der Waals surface area contributed by atoms with Gasteiger partial charge in [-0.2, -0.15) is 4.98 Å². The first kappa shape index (κ1) is 17.9. The summed E-state index contributed by atoms with van der Waals surface area (Å²) in [4.78, 5) is 31.5. The van der Waals surface area contributed by atoms with Crippen LogP contribution in [0.5, 0.6) is 0 Å². The van der Waals surface area contributed by atoms with Crippen molar-refractivity contribution in [3.63, 3.8) is 0 Å². The zero-order valence-electron chi connectivity index (χ0n) is 15.7. The molecule has 0 radical (unpaired) electrons. The molecular weight excluding hydrogens is 354 g/mol. The van der Waals surface area contributed by atoms with Gasteiger partial charge in [-0.3, -0.25) is 14.9 Å². The molecule has 1 aliphatic carbocycles. The van der Waals surface area contributed by atoms with E-state index in [1.807, 2.05) is 42.5 Å². The van der Waals surface area contributed by atoms with Crippen LogP contribution in [0, 0.1) is 0 Å². The fraction of sp³-hybridized carbons (Fsp3) is 0.238. The zero-order chi connectivity index (χ0) is 19.7. The summed E-state index contributed by atoms with van der Waals surface area (Å²) in [5.74, 6) is 0.734. The first-order valence-corrected chi connectivity index (χ1v) is 9.22. The van der Waals surface area contributed by atoms with Crippen molar-refractivity contribution in [2.75, 3.05) is 16.0 Å². The van der Waals surface area contributed by atoms with Crippen LogP contribution in [0.2, 0.25) is 0 Å². The smallest absolute Gasteiger partial charge is 0.231 e. The molecule has 3 N–H and O–H groups in total. The third-order valence-electron chi connectivity index (χ3n) is 4.44. The van der Waals surface area contributed by atoms with Crippen molar-refractivity contribution < 1.29 is 9.59 Å². The fourth-order valence-electron chi connectivity index (χ4n) is 3.00. The number of carbonyl (C=O) groups excluding carboxylic acids is 2. The van der Waals surface area contributed by atoms with Crippen molar-refractivity contribution >= 4 is 40.2 Å². The molecule has 1 fully saturated rings. The van der Waals surface area contributed by atoms with Gasteiger partial charge in [0.2, 0.25) is 17.8 Å². The number of nitrogens with one attached hydrogen (secondary N) is 3. The van der Waals surface area contributed by atoms with E-state index >= 15 is 0 Å². The first-order chi connectivity index (χ1) is 13.5. The molecule has 2 aromatic carbocycles. The number of hydrogen-bond donors (Lipinski definition) is 3. The van der Waals surface area contributed by atoms with Crippen LogP contribution in [0.4, 0.5) is 17.5 Å². The Morgan fingerprint density at radius 3 is 2.21 bits per heavy atom. The zero-order valence-corrected chi connectivity index (χ0v) is 15.7. The third kappa shape index (κ3) is 4.09. The van der Waals surface area contributed by atoms with Crippen LogP contribution in [0.1, 0.15) is 26.7 Å². The first-order valence-electron chi connectivity index (χ1n) is 9.22. The van der Waals surface area contributed by atoms with Crippen molar-refractivity contribution in [3.05, 3.63) is 42.5 Å². The third-order valence-corrected chi connectivity index (χ3v) is 4.44. The quantitative estimate of drug-likeness (QED) is 0.631. The highest BCUT2D eigenvalue weighted by Crippen LogP contribution is 2.32. The van der Waals surface area contributed by atoms with Crippen LogP contribution in [0.15, 0.2) is 42.5 Å². The van der Waals surface area contributed by atoms with Crippen molar-refractivity contribution in [3.8, 4) is 11.1 Å². The highest BCUT2D eigenvalue weighted by atomic mass is 16.2. The van der Waals surface area contributed by atoms with Gasteiger partial charge in [-0.1, -0.05) is 18.2 Å².